The van der Waals surface area contributed by atoms with Crippen LogP contribution in [0.3, 0.4) is 0 Å². The van der Waals surface area contributed by atoms with Crippen LogP contribution in [0.1, 0.15) is 28.5 Å². The molecular weight excluding hydrogens is 360 g/mol. The molecule has 9 nitrogen and oxygen atoms in total. The highest BCUT2D eigenvalue weighted by Gasteiger charge is 2.20. The Bertz CT molecular complexity index is 1140. The van der Waals surface area contributed by atoms with Gasteiger partial charge < -0.3 is 5.73 Å². The zero-order valence-corrected chi connectivity index (χ0v) is 15.2. The fraction of sp³-hybridized carbons (Fsp3) is 0.158. The Morgan fingerprint density at radius 1 is 1.36 bits per heavy atom. The van der Waals surface area contributed by atoms with Gasteiger partial charge in [-0.2, -0.15) is 10.4 Å². The zero-order valence-electron chi connectivity index (χ0n) is 15.2. The normalized spacial score (nSPS) is 10.5. The van der Waals surface area contributed by atoms with Crippen molar-refractivity contribution >= 4 is 11.6 Å². The lowest BCUT2D eigenvalue weighted by Gasteiger charge is -2.09. The van der Waals surface area contributed by atoms with Crippen LogP contribution in [0.5, 0.6) is 0 Å². The van der Waals surface area contributed by atoms with Crippen molar-refractivity contribution in [3.63, 3.8) is 0 Å². The van der Waals surface area contributed by atoms with Gasteiger partial charge in [-0.3, -0.25) is 24.6 Å². The third-order valence-electron chi connectivity index (χ3n) is 4.24. The lowest BCUT2D eigenvalue weighted by Crippen LogP contribution is -2.11. The minimum Gasteiger partial charge on any atom is -0.366 e. The monoisotopic (exact) mass is 376 g/mol. The molecule has 0 aliphatic rings. The predicted molar refractivity (Wildman–Crippen MR) is 101 cm³/mol. The van der Waals surface area contributed by atoms with E-state index < -0.39 is 10.8 Å². The quantitative estimate of drug-likeness (QED) is 0.536. The van der Waals surface area contributed by atoms with Gasteiger partial charge in [0.05, 0.1) is 27.4 Å². The number of nitriles is 1. The Hall–Kier alpha value is -4.06. The summed E-state index contributed by atoms with van der Waals surface area (Å²) in [6.45, 7) is 4.37. The maximum Gasteiger partial charge on any atom is 0.277 e. The molecule has 2 N–H and O–H groups in total. The van der Waals surface area contributed by atoms with E-state index in [9.17, 15) is 20.2 Å². The summed E-state index contributed by atoms with van der Waals surface area (Å²) in [5.41, 5.74) is 7.86. The molecule has 1 amide bonds. The van der Waals surface area contributed by atoms with E-state index in [1.54, 1.807) is 4.68 Å². The highest BCUT2D eigenvalue weighted by molar-refractivity contribution is 5.95. The van der Waals surface area contributed by atoms with Crippen LogP contribution in [0.4, 0.5) is 5.69 Å². The Morgan fingerprint density at radius 2 is 2.11 bits per heavy atom. The highest BCUT2D eigenvalue weighted by Crippen LogP contribution is 2.33. The summed E-state index contributed by atoms with van der Waals surface area (Å²) in [4.78, 5) is 26.7. The van der Waals surface area contributed by atoms with Gasteiger partial charge in [0.25, 0.3) is 5.69 Å². The Morgan fingerprint density at radius 3 is 2.71 bits per heavy atom. The minimum absolute atomic E-state index is 0.128. The molecule has 140 valence electrons. The van der Waals surface area contributed by atoms with Crippen molar-refractivity contribution in [1.29, 1.82) is 5.26 Å². The molecule has 0 fully saturated rings. The second-order valence-electron chi connectivity index (χ2n) is 6.07. The molecule has 3 aromatic rings. The predicted octanol–water partition coefficient (Wildman–Crippen LogP) is 2.82. The summed E-state index contributed by atoms with van der Waals surface area (Å²) in [7, 11) is 0. The summed E-state index contributed by atoms with van der Waals surface area (Å²) in [6.07, 6.45) is 1.44. The molecular formula is C19H16N6O3. The van der Waals surface area contributed by atoms with Crippen molar-refractivity contribution in [2.75, 3.05) is 0 Å². The van der Waals surface area contributed by atoms with E-state index in [0.29, 0.717) is 23.5 Å². The van der Waals surface area contributed by atoms with E-state index in [4.69, 9.17) is 5.73 Å². The fourth-order valence-corrected chi connectivity index (χ4v) is 2.96. The SMILES string of the molecule is CCn1nc(C)cc1-c1ncc(-c2cc(C(N)=O)ccc2[N+](=O)[O-])cc1C#N. The number of aryl methyl sites for hydroxylation is 2. The smallest absolute Gasteiger partial charge is 0.277 e. The van der Waals surface area contributed by atoms with Crippen LogP contribution >= 0.6 is 0 Å². The van der Waals surface area contributed by atoms with Gasteiger partial charge in [-0.05, 0) is 38.1 Å². The van der Waals surface area contributed by atoms with E-state index in [1.807, 2.05) is 19.9 Å². The molecule has 1 aromatic carbocycles. The first-order valence-corrected chi connectivity index (χ1v) is 8.39. The summed E-state index contributed by atoms with van der Waals surface area (Å²) in [5, 5.41) is 25.4. The summed E-state index contributed by atoms with van der Waals surface area (Å²) in [6, 6.07) is 9.26. The van der Waals surface area contributed by atoms with Gasteiger partial charge in [-0.25, -0.2) is 0 Å². The van der Waals surface area contributed by atoms with Crippen LogP contribution in [-0.4, -0.2) is 25.6 Å². The number of nitro benzene ring substituents is 1. The van der Waals surface area contributed by atoms with Crippen LogP contribution < -0.4 is 5.73 Å². The molecule has 0 spiro atoms. The average Bonchev–Trinajstić information content (AvgIpc) is 3.07. The van der Waals surface area contributed by atoms with Crippen LogP contribution in [0, 0.1) is 28.4 Å². The van der Waals surface area contributed by atoms with Crippen molar-refractivity contribution in [1.82, 2.24) is 14.8 Å². The maximum absolute atomic E-state index is 11.5. The summed E-state index contributed by atoms with van der Waals surface area (Å²) < 4.78 is 1.73. The zero-order chi connectivity index (χ0) is 20.4. The molecule has 0 bridgehead atoms. The number of carbonyl (C=O) groups excluding carboxylic acids is 1. The number of amides is 1. The van der Waals surface area contributed by atoms with Crippen molar-refractivity contribution in [3.8, 4) is 28.6 Å². The van der Waals surface area contributed by atoms with Crippen LogP contribution in [-0.2, 0) is 6.54 Å². The number of nitrogens with two attached hydrogens (primary N) is 1. The topological polar surface area (TPSA) is 141 Å². The van der Waals surface area contributed by atoms with Crippen LogP contribution in [0.25, 0.3) is 22.5 Å². The first-order valence-electron chi connectivity index (χ1n) is 8.39. The Kier molecular flexibility index (Phi) is 4.87. The van der Waals surface area contributed by atoms with Crippen LogP contribution in [0.15, 0.2) is 36.5 Å². The number of nitrogens with zero attached hydrogens (tertiary/aromatic N) is 5. The van der Waals surface area contributed by atoms with E-state index >= 15 is 0 Å². The van der Waals surface area contributed by atoms with E-state index in [0.717, 1.165) is 5.69 Å². The van der Waals surface area contributed by atoms with E-state index in [1.165, 1.54) is 30.5 Å². The lowest BCUT2D eigenvalue weighted by molar-refractivity contribution is -0.384. The number of aromatic nitrogens is 3. The van der Waals surface area contributed by atoms with Crippen molar-refractivity contribution in [2.24, 2.45) is 5.73 Å². The van der Waals surface area contributed by atoms with Crippen molar-refractivity contribution in [3.05, 3.63) is 63.5 Å². The molecule has 0 atom stereocenters. The molecule has 0 aliphatic carbocycles. The van der Waals surface area contributed by atoms with Gasteiger partial charge in [0.15, 0.2) is 0 Å². The molecule has 0 aliphatic heterocycles. The van der Waals surface area contributed by atoms with Crippen molar-refractivity contribution in [2.45, 2.75) is 20.4 Å². The van der Waals surface area contributed by atoms with E-state index in [-0.39, 0.29) is 22.4 Å². The molecule has 3 rings (SSSR count). The van der Waals surface area contributed by atoms with Gasteiger partial charge in [0.1, 0.15) is 11.8 Å². The van der Waals surface area contributed by atoms with Gasteiger partial charge in [-0.15, -0.1) is 0 Å². The second-order valence-corrected chi connectivity index (χ2v) is 6.07. The molecule has 28 heavy (non-hydrogen) atoms. The van der Waals surface area contributed by atoms with Gasteiger partial charge >= 0.3 is 0 Å². The summed E-state index contributed by atoms with van der Waals surface area (Å²) in [5.74, 6) is -0.705. The first-order chi connectivity index (χ1) is 13.3. The minimum atomic E-state index is -0.705. The Labute approximate surface area is 160 Å². The number of pyridine rings is 1. The van der Waals surface area contributed by atoms with Crippen LogP contribution in [0.2, 0.25) is 0 Å². The number of hydrogen-bond donors (Lipinski definition) is 1. The first kappa shape index (κ1) is 18.7. The summed E-state index contributed by atoms with van der Waals surface area (Å²) >= 11 is 0. The molecule has 0 unspecified atom stereocenters. The molecule has 0 saturated carbocycles. The molecule has 2 heterocycles. The third-order valence-corrected chi connectivity index (χ3v) is 4.24. The maximum atomic E-state index is 11.5. The number of rotatable bonds is 5. The molecule has 9 heteroatoms. The number of nitro groups is 1. The standard InChI is InChI=1S/C19H16N6O3/c1-3-24-17(6-11(2)23-24)18-13(9-20)7-14(10-22-18)15-8-12(19(21)26)4-5-16(15)25(27)28/h4-8,10H,3H2,1-2H3,(H2,21,26). The molecule has 0 saturated heterocycles. The van der Waals surface area contributed by atoms with Gasteiger partial charge in [0, 0.05) is 29.9 Å². The lowest BCUT2D eigenvalue weighted by atomic mass is 9.99. The number of carbonyl (C=O) groups is 1. The largest absolute Gasteiger partial charge is 0.366 e. The van der Waals surface area contributed by atoms with Gasteiger partial charge in [0.2, 0.25) is 5.91 Å². The second kappa shape index (κ2) is 7.28. The Balaban J connectivity index is 2.21. The average molecular weight is 376 g/mol. The van der Waals surface area contributed by atoms with E-state index in [2.05, 4.69) is 16.2 Å². The molecule has 2 aromatic heterocycles. The van der Waals surface area contributed by atoms with Gasteiger partial charge in [-0.1, -0.05) is 0 Å². The highest BCUT2D eigenvalue weighted by atomic mass is 16.6. The number of primary amides is 1. The number of hydrogen-bond acceptors (Lipinski definition) is 6. The number of benzene rings is 1. The third kappa shape index (κ3) is 3.31. The van der Waals surface area contributed by atoms with Crippen molar-refractivity contribution < 1.29 is 9.72 Å². The molecule has 0 radical (unpaired) electrons. The fourth-order valence-electron chi connectivity index (χ4n) is 2.96.